The Labute approximate surface area is 252 Å². The van der Waals surface area contributed by atoms with Crippen molar-refractivity contribution < 1.29 is 22.9 Å². The summed E-state index contributed by atoms with van der Waals surface area (Å²) in [5.41, 5.74) is 2.81. The highest BCUT2D eigenvalue weighted by molar-refractivity contribution is 9.10. The lowest BCUT2D eigenvalue weighted by atomic mass is 9.98. The number of aryl methyl sites for hydroxylation is 2. The molecule has 0 radical (unpaired) electrons. The lowest BCUT2D eigenvalue weighted by Crippen LogP contribution is -2.40. The fourth-order valence-electron chi connectivity index (χ4n) is 4.36. The van der Waals surface area contributed by atoms with Gasteiger partial charge in [-0.1, -0.05) is 70.0 Å². The number of hydrogen-bond acceptors (Lipinski definition) is 6. The molecule has 0 aliphatic carbocycles. The van der Waals surface area contributed by atoms with E-state index >= 15 is 0 Å². The summed E-state index contributed by atoms with van der Waals surface area (Å²) in [4.78, 5) is 40.0. The first-order valence-corrected chi connectivity index (χ1v) is 15.1. The Morgan fingerprint density at radius 2 is 1.52 bits per heavy atom. The molecule has 0 spiro atoms. The van der Waals surface area contributed by atoms with Crippen LogP contribution in [0, 0.1) is 24.0 Å². The maximum absolute atomic E-state index is 14.1. The fraction of sp³-hybridized carbons (Fsp3) is 0.161. The molecule has 0 aliphatic heterocycles. The van der Waals surface area contributed by atoms with Gasteiger partial charge < -0.3 is 4.90 Å². The van der Waals surface area contributed by atoms with Crippen LogP contribution in [0.2, 0.25) is 0 Å². The molecule has 0 fully saturated rings. The van der Waals surface area contributed by atoms with Crippen LogP contribution in [-0.4, -0.2) is 36.5 Å². The molecule has 0 aromatic heterocycles. The van der Waals surface area contributed by atoms with Gasteiger partial charge in [-0.05, 0) is 61.4 Å². The van der Waals surface area contributed by atoms with Gasteiger partial charge in [0.1, 0.15) is 0 Å². The average Bonchev–Trinajstić information content (AvgIpc) is 2.98. The second kappa shape index (κ2) is 12.7. The molecule has 0 unspecified atom stereocenters. The number of nitro groups is 1. The first-order chi connectivity index (χ1) is 19.9. The van der Waals surface area contributed by atoms with Gasteiger partial charge in [0.05, 0.1) is 22.3 Å². The summed E-state index contributed by atoms with van der Waals surface area (Å²) in [7, 11) is -3.02. The molecule has 0 aliphatic rings. The molecule has 0 N–H and O–H groups in total. The van der Waals surface area contributed by atoms with E-state index in [0.29, 0.717) is 21.1 Å². The van der Waals surface area contributed by atoms with Crippen molar-refractivity contribution in [3.05, 3.63) is 134 Å². The third-order valence-corrected chi connectivity index (χ3v) is 9.52. The number of hydrogen-bond donors (Lipinski definition) is 0. The van der Waals surface area contributed by atoms with Crippen molar-refractivity contribution in [3.8, 4) is 0 Å². The van der Waals surface area contributed by atoms with Gasteiger partial charge >= 0.3 is 0 Å². The molecule has 4 rings (SSSR count). The Balaban J connectivity index is 1.84. The van der Waals surface area contributed by atoms with Crippen LogP contribution in [0.4, 0.5) is 11.4 Å². The van der Waals surface area contributed by atoms with Gasteiger partial charge in [0.25, 0.3) is 21.6 Å². The highest BCUT2D eigenvalue weighted by atomic mass is 79.9. The minimum atomic E-state index is -4.19. The summed E-state index contributed by atoms with van der Waals surface area (Å²) < 4.78 is 28.1. The number of carbonyl (C=O) groups is 2. The Morgan fingerprint density at radius 1 is 0.905 bits per heavy atom. The van der Waals surface area contributed by atoms with Gasteiger partial charge in [-0.2, -0.15) is 0 Å². The third-order valence-electron chi connectivity index (χ3n) is 6.87. The average molecular weight is 651 g/mol. The molecule has 0 heterocycles. The van der Waals surface area contributed by atoms with Gasteiger partial charge in [0.15, 0.2) is 0 Å². The van der Waals surface area contributed by atoms with E-state index in [-0.39, 0.29) is 10.6 Å². The smallest absolute Gasteiger partial charge is 0.269 e. The minimum absolute atomic E-state index is 0.0458. The molecular formula is C31H28BrN3O6S. The first kappa shape index (κ1) is 30.6. The standard InChI is InChI=1S/C31H28BrN3O6S/c1-21-9-17-27(18-10-21)42(40,41)33(3)30(36)20-29(23-12-15-25(16-13-23)35(38)39)34(26-14-11-22(2)28(32)19-26)31(37)24-7-5-4-6-8-24/h4-19,29H,20H2,1-3H3/t29-/m1/s1. The van der Waals surface area contributed by atoms with Crippen LogP contribution >= 0.6 is 15.9 Å². The number of benzene rings is 4. The van der Waals surface area contributed by atoms with Gasteiger partial charge in [0.2, 0.25) is 5.91 Å². The zero-order valence-electron chi connectivity index (χ0n) is 23.1. The SMILES string of the molecule is Cc1ccc(S(=O)(=O)N(C)C(=O)C[C@H](c2ccc([N+](=O)[O-])cc2)N(C(=O)c2ccccc2)c2ccc(C)c(Br)c2)cc1. The lowest BCUT2D eigenvalue weighted by molar-refractivity contribution is -0.384. The maximum Gasteiger partial charge on any atom is 0.269 e. The van der Waals surface area contributed by atoms with Crippen LogP contribution in [0.1, 0.15) is 39.5 Å². The zero-order chi connectivity index (χ0) is 30.6. The molecule has 0 saturated carbocycles. The summed E-state index contributed by atoms with van der Waals surface area (Å²) in [6.07, 6.45) is -0.427. The molecule has 4 aromatic rings. The van der Waals surface area contributed by atoms with Crippen molar-refractivity contribution in [1.82, 2.24) is 4.31 Å². The van der Waals surface area contributed by atoms with E-state index in [0.717, 1.165) is 15.6 Å². The van der Waals surface area contributed by atoms with Crippen LogP contribution in [0.3, 0.4) is 0 Å². The van der Waals surface area contributed by atoms with Crippen molar-refractivity contribution >= 4 is 49.1 Å². The number of halogens is 1. The third kappa shape index (κ3) is 6.58. The molecular weight excluding hydrogens is 622 g/mol. The Hall–Kier alpha value is -4.35. The Bertz CT molecular complexity index is 1730. The summed E-state index contributed by atoms with van der Waals surface area (Å²) in [5, 5.41) is 11.3. The molecule has 216 valence electrons. The molecule has 2 amide bonds. The number of anilines is 1. The number of nitro benzene ring substituents is 1. The number of rotatable bonds is 9. The van der Waals surface area contributed by atoms with E-state index < -0.39 is 39.2 Å². The number of sulfonamides is 1. The monoisotopic (exact) mass is 649 g/mol. The van der Waals surface area contributed by atoms with Gasteiger partial charge in [-0.15, -0.1) is 0 Å². The molecule has 42 heavy (non-hydrogen) atoms. The number of nitrogens with zero attached hydrogens (tertiary/aromatic N) is 3. The Kier molecular flexibility index (Phi) is 9.23. The Morgan fingerprint density at radius 3 is 2.10 bits per heavy atom. The van der Waals surface area contributed by atoms with E-state index in [1.807, 2.05) is 19.9 Å². The van der Waals surface area contributed by atoms with Gasteiger partial charge in [-0.3, -0.25) is 19.7 Å². The van der Waals surface area contributed by atoms with Gasteiger partial charge in [-0.25, -0.2) is 12.7 Å². The normalized spacial score (nSPS) is 11.9. The van der Waals surface area contributed by atoms with E-state index in [2.05, 4.69) is 15.9 Å². The van der Waals surface area contributed by atoms with E-state index in [9.17, 15) is 28.1 Å². The second-order valence-corrected chi connectivity index (χ2v) is 12.5. The predicted octanol–water partition coefficient (Wildman–Crippen LogP) is 6.60. The van der Waals surface area contributed by atoms with E-state index in [1.165, 1.54) is 48.3 Å². The summed E-state index contributed by atoms with van der Waals surface area (Å²) in [5.74, 6) is -1.21. The van der Waals surface area contributed by atoms with Crippen LogP contribution in [0.25, 0.3) is 0 Å². The summed E-state index contributed by atoms with van der Waals surface area (Å²) in [6, 6.07) is 24.4. The maximum atomic E-state index is 14.1. The predicted molar refractivity (Wildman–Crippen MR) is 164 cm³/mol. The number of non-ortho nitro benzene ring substituents is 1. The molecule has 1 atom stereocenters. The topological polar surface area (TPSA) is 118 Å². The summed E-state index contributed by atoms with van der Waals surface area (Å²) >= 11 is 3.51. The largest absolute Gasteiger partial charge is 0.300 e. The second-order valence-electron chi connectivity index (χ2n) is 9.72. The van der Waals surface area contributed by atoms with Crippen molar-refractivity contribution in [2.45, 2.75) is 31.2 Å². The van der Waals surface area contributed by atoms with Crippen LogP contribution in [0.5, 0.6) is 0 Å². The van der Waals surface area contributed by atoms with Crippen molar-refractivity contribution in [2.75, 3.05) is 11.9 Å². The van der Waals surface area contributed by atoms with Crippen molar-refractivity contribution in [3.63, 3.8) is 0 Å². The quantitative estimate of drug-likeness (QED) is 0.149. The first-order valence-electron chi connectivity index (χ1n) is 12.9. The van der Waals surface area contributed by atoms with Crippen molar-refractivity contribution in [2.24, 2.45) is 0 Å². The van der Waals surface area contributed by atoms with Crippen LogP contribution in [0.15, 0.2) is 106 Å². The molecule has 4 aromatic carbocycles. The summed E-state index contributed by atoms with van der Waals surface area (Å²) in [6.45, 7) is 3.71. The molecule has 0 bridgehead atoms. The zero-order valence-corrected chi connectivity index (χ0v) is 25.5. The number of carbonyl (C=O) groups excluding carboxylic acids is 2. The van der Waals surface area contributed by atoms with E-state index in [1.54, 1.807) is 54.6 Å². The van der Waals surface area contributed by atoms with Gasteiger partial charge in [0, 0.05) is 34.9 Å². The highest BCUT2D eigenvalue weighted by Crippen LogP contribution is 2.35. The fourth-order valence-corrected chi connectivity index (χ4v) is 5.87. The minimum Gasteiger partial charge on any atom is -0.300 e. The van der Waals surface area contributed by atoms with E-state index in [4.69, 9.17) is 0 Å². The number of amides is 2. The lowest BCUT2D eigenvalue weighted by Gasteiger charge is -2.33. The molecule has 0 saturated heterocycles. The van der Waals surface area contributed by atoms with Crippen molar-refractivity contribution in [1.29, 1.82) is 0 Å². The van der Waals surface area contributed by atoms with Crippen LogP contribution in [-0.2, 0) is 14.8 Å². The molecule has 11 heteroatoms. The van der Waals surface area contributed by atoms with Crippen LogP contribution < -0.4 is 4.90 Å². The highest BCUT2D eigenvalue weighted by Gasteiger charge is 2.34. The molecule has 9 nitrogen and oxygen atoms in total.